The van der Waals surface area contributed by atoms with Crippen LogP contribution in [0.4, 0.5) is 0 Å². The quantitative estimate of drug-likeness (QED) is 0.703. The fraction of sp³-hybridized carbons (Fsp3) is 0.0667. The number of aromatic nitrogens is 2. The summed E-state index contributed by atoms with van der Waals surface area (Å²) in [5, 5.41) is 0.813. The lowest BCUT2D eigenvalue weighted by atomic mass is 10.2. The molecule has 4 heteroatoms. The lowest BCUT2D eigenvalue weighted by Crippen LogP contribution is -2.22. The van der Waals surface area contributed by atoms with E-state index in [4.69, 9.17) is 4.74 Å². The number of rotatable bonds is 2. The highest BCUT2D eigenvalue weighted by Gasteiger charge is 2.12. The Hall–Kier alpha value is -2.62. The first kappa shape index (κ1) is 11.5. The number of benzene rings is 2. The van der Waals surface area contributed by atoms with Crippen molar-refractivity contribution in [3.8, 4) is 11.6 Å². The van der Waals surface area contributed by atoms with E-state index in [1.54, 1.807) is 13.2 Å². The molecule has 0 N–H and O–H groups in total. The first-order chi connectivity index (χ1) is 9.31. The fourth-order valence-electron chi connectivity index (χ4n) is 2.12. The summed E-state index contributed by atoms with van der Waals surface area (Å²) in [6.07, 6.45) is 0. The molecule has 0 aliphatic heterocycles. The van der Waals surface area contributed by atoms with Gasteiger partial charge in [-0.15, -0.1) is 0 Å². The molecule has 2 aromatic carbocycles. The van der Waals surface area contributed by atoms with E-state index < -0.39 is 0 Å². The number of hydrogen-bond donors (Lipinski definition) is 0. The molecule has 0 amide bonds. The molecule has 0 unspecified atom stereocenters. The summed E-state index contributed by atoms with van der Waals surface area (Å²) in [5.74, 6) is 0.502. The maximum atomic E-state index is 12.2. The number of fused-ring (bicyclic) bond motifs is 1. The van der Waals surface area contributed by atoms with Gasteiger partial charge in [-0.1, -0.05) is 30.3 Å². The van der Waals surface area contributed by atoms with Crippen LogP contribution in [0.3, 0.4) is 0 Å². The first-order valence-corrected chi connectivity index (χ1v) is 5.92. The van der Waals surface area contributed by atoms with E-state index in [0.29, 0.717) is 11.4 Å². The van der Waals surface area contributed by atoms with Gasteiger partial charge in [-0.2, -0.15) is 4.98 Å². The van der Waals surface area contributed by atoms with E-state index >= 15 is 0 Å². The van der Waals surface area contributed by atoms with Crippen LogP contribution >= 0.6 is 0 Å². The van der Waals surface area contributed by atoms with E-state index in [-0.39, 0.29) is 5.69 Å². The Morgan fingerprint density at radius 2 is 1.68 bits per heavy atom. The molecule has 1 aromatic heterocycles. The van der Waals surface area contributed by atoms with Crippen LogP contribution in [0.1, 0.15) is 0 Å². The van der Waals surface area contributed by atoms with Gasteiger partial charge >= 0.3 is 5.69 Å². The zero-order chi connectivity index (χ0) is 13.2. The van der Waals surface area contributed by atoms with Gasteiger partial charge in [0.25, 0.3) is 0 Å². The van der Waals surface area contributed by atoms with E-state index in [1.165, 1.54) is 4.57 Å². The smallest absolute Gasteiger partial charge is 0.355 e. The number of para-hydroxylation sites is 2. The van der Waals surface area contributed by atoms with Crippen LogP contribution in [0, 0.1) is 0 Å². The minimum atomic E-state index is -0.346. The monoisotopic (exact) mass is 252 g/mol. The Balaban J connectivity index is 2.42. The van der Waals surface area contributed by atoms with Crippen molar-refractivity contribution >= 4 is 10.9 Å². The number of hydrogen-bond acceptors (Lipinski definition) is 3. The maximum absolute atomic E-state index is 12.2. The largest absolute Gasteiger partial charge is 0.481 e. The minimum absolute atomic E-state index is 0.346. The Morgan fingerprint density at radius 1 is 1.00 bits per heavy atom. The second kappa shape index (κ2) is 4.57. The third-order valence-electron chi connectivity index (χ3n) is 2.95. The standard InChI is InChI=1S/C15H12N2O2/c1-19-14-12-9-5-6-10-13(12)16-15(18)17(14)11-7-3-2-4-8-11/h2-10H,1H3. The summed E-state index contributed by atoms with van der Waals surface area (Å²) in [5.41, 5.74) is 1.03. The van der Waals surface area contributed by atoms with Crippen molar-refractivity contribution < 1.29 is 4.74 Å². The summed E-state index contributed by atoms with van der Waals surface area (Å²) in [6.45, 7) is 0. The van der Waals surface area contributed by atoms with Crippen LogP contribution < -0.4 is 10.4 Å². The highest BCUT2D eigenvalue weighted by atomic mass is 16.5. The number of ether oxygens (including phenoxy) is 1. The summed E-state index contributed by atoms with van der Waals surface area (Å²) < 4.78 is 6.89. The van der Waals surface area contributed by atoms with Crippen molar-refractivity contribution in [1.82, 2.24) is 9.55 Å². The predicted octanol–water partition coefficient (Wildman–Crippen LogP) is 2.39. The molecule has 0 saturated heterocycles. The molecule has 4 nitrogen and oxygen atoms in total. The van der Waals surface area contributed by atoms with E-state index in [1.807, 2.05) is 48.5 Å². The normalized spacial score (nSPS) is 10.6. The van der Waals surface area contributed by atoms with Gasteiger partial charge in [0.1, 0.15) is 0 Å². The first-order valence-electron chi connectivity index (χ1n) is 5.92. The highest BCUT2D eigenvalue weighted by Crippen LogP contribution is 2.24. The molecule has 0 radical (unpaired) electrons. The van der Waals surface area contributed by atoms with Crippen molar-refractivity contribution in [1.29, 1.82) is 0 Å². The summed E-state index contributed by atoms with van der Waals surface area (Å²) in [7, 11) is 1.56. The SMILES string of the molecule is COc1c2ccccc2nc(=O)n1-c1ccccc1. The molecule has 0 spiro atoms. The van der Waals surface area contributed by atoms with Crippen LogP contribution in [0.5, 0.6) is 5.88 Å². The van der Waals surface area contributed by atoms with Crippen molar-refractivity contribution in [2.24, 2.45) is 0 Å². The van der Waals surface area contributed by atoms with E-state index in [2.05, 4.69) is 4.98 Å². The van der Waals surface area contributed by atoms with Gasteiger partial charge in [-0.25, -0.2) is 9.36 Å². The molecule has 0 aliphatic rings. The van der Waals surface area contributed by atoms with Crippen LogP contribution in [0.2, 0.25) is 0 Å². The second-order valence-corrected chi connectivity index (χ2v) is 4.09. The van der Waals surface area contributed by atoms with E-state index in [9.17, 15) is 4.79 Å². The van der Waals surface area contributed by atoms with Crippen LogP contribution in [0.25, 0.3) is 16.6 Å². The van der Waals surface area contributed by atoms with Crippen LogP contribution in [-0.4, -0.2) is 16.7 Å². The number of methoxy groups -OCH3 is 1. The summed E-state index contributed by atoms with van der Waals surface area (Å²) >= 11 is 0. The maximum Gasteiger partial charge on any atom is 0.355 e. The van der Waals surface area contributed by atoms with Gasteiger partial charge in [-0.3, -0.25) is 0 Å². The lowest BCUT2D eigenvalue weighted by molar-refractivity contribution is 0.389. The topological polar surface area (TPSA) is 44.1 Å². The third-order valence-corrected chi connectivity index (χ3v) is 2.95. The Bertz CT molecular complexity index is 779. The molecule has 0 fully saturated rings. The summed E-state index contributed by atoms with van der Waals surface area (Å²) in [6, 6.07) is 16.8. The average molecular weight is 252 g/mol. The average Bonchev–Trinajstić information content (AvgIpc) is 2.46. The molecule has 19 heavy (non-hydrogen) atoms. The Morgan fingerprint density at radius 3 is 2.42 bits per heavy atom. The van der Waals surface area contributed by atoms with Gasteiger partial charge in [0.15, 0.2) is 0 Å². The number of nitrogens with zero attached hydrogens (tertiary/aromatic N) is 2. The summed E-state index contributed by atoms with van der Waals surface area (Å²) in [4.78, 5) is 16.3. The van der Waals surface area contributed by atoms with E-state index in [0.717, 1.165) is 11.1 Å². The molecule has 0 aliphatic carbocycles. The van der Waals surface area contributed by atoms with Crippen molar-refractivity contribution in [2.45, 2.75) is 0 Å². The van der Waals surface area contributed by atoms with Crippen molar-refractivity contribution in [3.63, 3.8) is 0 Å². The van der Waals surface area contributed by atoms with Crippen LogP contribution in [0.15, 0.2) is 59.4 Å². The molecular weight excluding hydrogens is 240 g/mol. The zero-order valence-electron chi connectivity index (χ0n) is 10.4. The highest BCUT2D eigenvalue weighted by molar-refractivity contribution is 5.83. The molecule has 3 rings (SSSR count). The molecular formula is C15H12N2O2. The van der Waals surface area contributed by atoms with Gasteiger partial charge in [0, 0.05) is 0 Å². The predicted molar refractivity (Wildman–Crippen MR) is 73.9 cm³/mol. The lowest BCUT2D eigenvalue weighted by Gasteiger charge is -2.13. The van der Waals surface area contributed by atoms with Gasteiger partial charge in [-0.05, 0) is 24.3 Å². The minimum Gasteiger partial charge on any atom is -0.481 e. The molecule has 3 aromatic rings. The molecule has 0 saturated carbocycles. The van der Waals surface area contributed by atoms with Gasteiger partial charge in [0.05, 0.1) is 23.7 Å². The Labute approximate surface area is 109 Å². The molecule has 1 heterocycles. The van der Waals surface area contributed by atoms with Gasteiger partial charge < -0.3 is 4.74 Å². The molecule has 0 atom stereocenters. The fourth-order valence-corrected chi connectivity index (χ4v) is 2.12. The van der Waals surface area contributed by atoms with Crippen molar-refractivity contribution in [2.75, 3.05) is 7.11 Å². The zero-order valence-corrected chi connectivity index (χ0v) is 10.4. The Kier molecular flexibility index (Phi) is 2.76. The molecule has 0 bridgehead atoms. The van der Waals surface area contributed by atoms with Crippen LogP contribution in [-0.2, 0) is 0 Å². The van der Waals surface area contributed by atoms with Crippen molar-refractivity contribution in [3.05, 3.63) is 65.1 Å². The second-order valence-electron chi connectivity index (χ2n) is 4.09. The van der Waals surface area contributed by atoms with Gasteiger partial charge in [0.2, 0.25) is 5.88 Å². The third kappa shape index (κ3) is 1.87. The molecule has 94 valence electrons.